The van der Waals surface area contributed by atoms with Gasteiger partial charge in [-0.1, -0.05) is 58.0 Å². The summed E-state index contributed by atoms with van der Waals surface area (Å²) in [7, 11) is 0. The van der Waals surface area contributed by atoms with Crippen LogP contribution < -0.4 is 0 Å². The second kappa shape index (κ2) is 9.89. The predicted molar refractivity (Wildman–Crippen MR) is 121 cm³/mol. The van der Waals surface area contributed by atoms with Crippen LogP contribution >= 0.6 is 0 Å². The fraction of sp³-hybridized carbons (Fsp3) is 0.615. The van der Waals surface area contributed by atoms with Gasteiger partial charge in [0, 0.05) is 6.54 Å². The van der Waals surface area contributed by atoms with Gasteiger partial charge in [-0.05, 0) is 90.9 Å². The van der Waals surface area contributed by atoms with Crippen molar-refractivity contribution >= 4 is 10.8 Å². The average molecular weight is 382 g/mol. The van der Waals surface area contributed by atoms with E-state index in [2.05, 4.69) is 62.9 Å². The van der Waals surface area contributed by atoms with E-state index in [1.54, 1.807) is 0 Å². The van der Waals surface area contributed by atoms with Gasteiger partial charge >= 0.3 is 0 Å². The lowest BCUT2D eigenvalue weighted by Crippen LogP contribution is -2.32. The van der Waals surface area contributed by atoms with Gasteiger partial charge in [-0.2, -0.15) is 0 Å². The molecule has 1 atom stereocenters. The van der Waals surface area contributed by atoms with Gasteiger partial charge in [-0.25, -0.2) is 0 Å². The largest absolute Gasteiger partial charge is 0.387 e. The van der Waals surface area contributed by atoms with Crippen molar-refractivity contribution < 1.29 is 5.11 Å². The third-order valence-electron chi connectivity index (χ3n) is 6.24. The highest BCUT2D eigenvalue weighted by Gasteiger charge is 2.21. The molecule has 3 rings (SSSR count). The summed E-state index contributed by atoms with van der Waals surface area (Å²) < 4.78 is 0. The van der Waals surface area contributed by atoms with Crippen molar-refractivity contribution in [2.45, 2.75) is 72.3 Å². The van der Waals surface area contributed by atoms with Crippen LogP contribution in [0.5, 0.6) is 0 Å². The van der Waals surface area contributed by atoms with Crippen LogP contribution in [0.4, 0.5) is 0 Å². The van der Waals surface area contributed by atoms with E-state index in [0.29, 0.717) is 11.8 Å². The number of aryl methyl sites for hydroxylation is 2. The van der Waals surface area contributed by atoms with Crippen molar-refractivity contribution in [3.8, 4) is 0 Å². The summed E-state index contributed by atoms with van der Waals surface area (Å²) in [5, 5.41) is 13.9. The van der Waals surface area contributed by atoms with Crippen molar-refractivity contribution in [1.82, 2.24) is 4.90 Å². The molecular weight excluding hydrogens is 342 g/mol. The molecule has 1 N–H and O–H groups in total. The standard InChI is InChI=1S/C26H39NO/c1-19(2)13-15-27(16-14-20(3)4)18-26(28)25-17-21-9-5-6-10-22(21)23-11-7-8-12-24(23)25/h7-8,11-12,17,19-20,26,28H,5-6,9-10,13-16,18H2,1-4H3/t26-/m1/s1. The quantitative estimate of drug-likeness (QED) is 0.563. The number of aliphatic hydroxyl groups excluding tert-OH is 1. The van der Waals surface area contributed by atoms with Crippen molar-refractivity contribution in [3.05, 3.63) is 47.0 Å². The third kappa shape index (κ3) is 5.36. The van der Waals surface area contributed by atoms with Crippen LogP contribution in [0.25, 0.3) is 10.8 Å². The van der Waals surface area contributed by atoms with E-state index < -0.39 is 6.10 Å². The Balaban J connectivity index is 1.85. The molecule has 2 aromatic carbocycles. The number of rotatable bonds is 9. The van der Waals surface area contributed by atoms with Gasteiger partial charge < -0.3 is 10.0 Å². The van der Waals surface area contributed by atoms with Gasteiger partial charge in [0.15, 0.2) is 0 Å². The summed E-state index contributed by atoms with van der Waals surface area (Å²) >= 11 is 0. The molecule has 0 heterocycles. The number of fused-ring (bicyclic) bond motifs is 3. The molecule has 1 aliphatic carbocycles. The molecule has 0 aromatic heterocycles. The van der Waals surface area contributed by atoms with E-state index in [1.165, 1.54) is 54.0 Å². The highest BCUT2D eigenvalue weighted by molar-refractivity contribution is 5.90. The summed E-state index contributed by atoms with van der Waals surface area (Å²) in [6, 6.07) is 11.0. The summed E-state index contributed by atoms with van der Waals surface area (Å²) in [5.41, 5.74) is 4.12. The molecule has 154 valence electrons. The van der Waals surface area contributed by atoms with Crippen LogP contribution in [0.2, 0.25) is 0 Å². The Morgan fingerprint density at radius 2 is 1.50 bits per heavy atom. The molecule has 0 radical (unpaired) electrons. The van der Waals surface area contributed by atoms with Crippen molar-refractivity contribution in [1.29, 1.82) is 0 Å². The van der Waals surface area contributed by atoms with Crippen molar-refractivity contribution in [2.24, 2.45) is 11.8 Å². The highest BCUT2D eigenvalue weighted by Crippen LogP contribution is 2.34. The van der Waals surface area contributed by atoms with E-state index in [-0.39, 0.29) is 0 Å². The Kier molecular flexibility index (Phi) is 7.54. The zero-order valence-electron chi connectivity index (χ0n) is 18.4. The minimum atomic E-state index is -0.420. The summed E-state index contributed by atoms with van der Waals surface area (Å²) in [6.07, 6.45) is 6.86. The normalized spacial score (nSPS) is 15.6. The van der Waals surface area contributed by atoms with E-state index >= 15 is 0 Å². The molecule has 0 fully saturated rings. The number of aliphatic hydroxyl groups is 1. The Bertz CT molecular complexity index is 752. The first-order valence-corrected chi connectivity index (χ1v) is 11.4. The molecule has 0 bridgehead atoms. The fourth-order valence-electron chi connectivity index (χ4n) is 4.45. The second-order valence-corrected chi connectivity index (χ2v) is 9.54. The number of benzene rings is 2. The Hall–Kier alpha value is -1.38. The van der Waals surface area contributed by atoms with Gasteiger partial charge in [-0.15, -0.1) is 0 Å². The molecule has 0 saturated carbocycles. The summed E-state index contributed by atoms with van der Waals surface area (Å²) in [4.78, 5) is 2.49. The van der Waals surface area contributed by atoms with E-state index in [9.17, 15) is 5.11 Å². The fourth-order valence-corrected chi connectivity index (χ4v) is 4.45. The molecule has 0 saturated heterocycles. The summed E-state index contributed by atoms with van der Waals surface area (Å²) in [5.74, 6) is 1.39. The Labute approximate surface area is 172 Å². The first kappa shape index (κ1) is 21.3. The maximum Gasteiger partial charge on any atom is 0.0923 e. The van der Waals surface area contributed by atoms with Crippen molar-refractivity contribution in [3.63, 3.8) is 0 Å². The second-order valence-electron chi connectivity index (χ2n) is 9.54. The van der Waals surface area contributed by atoms with Crippen LogP contribution in [-0.4, -0.2) is 29.6 Å². The maximum atomic E-state index is 11.3. The minimum Gasteiger partial charge on any atom is -0.387 e. The number of nitrogens with zero attached hydrogens (tertiary/aromatic N) is 1. The van der Waals surface area contributed by atoms with Crippen LogP contribution in [0.15, 0.2) is 30.3 Å². The lowest BCUT2D eigenvalue weighted by atomic mass is 9.84. The Morgan fingerprint density at radius 3 is 2.14 bits per heavy atom. The van der Waals surface area contributed by atoms with E-state index in [1.807, 2.05) is 0 Å². The third-order valence-corrected chi connectivity index (χ3v) is 6.24. The first-order valence-electron chi connectivity index (χ1n) is 11.4. The highest BCUT2D eigenvalue weighted by atomic mass is 16.3. The predicted octanol–water partition coefficient (Wildman–Crippen LogP) is 6.15. The molecule has 2 aromatic rings. The SMILES string of the molecule is CC(C)CCN(CCC(C)C)C[C@@H](O)c1cc2c(c3ccccc13)CCCC2. The molecule has 2 nitrogen and oxygen atoms in total. The first-order chi connectivity index (χ1) is 13.5. The van der Waals surface area contributed by atoms with Crippen LogP contribution in [0, 0.1) is 11.8 Å². The molecule has 1 aliphatic rings. The van der Waals surface area contributed by atoms with Gasteiger partial charge in [0.1, 0.15) is 0 Å². The van der Waals surface area contributed by atoms with Crippen molar-refractivity contribution in [2.75, 3.05) is 19.6 Å². The zero-order chi connectivity index (χ0) is 20.1. The van der Waals surface area contributed by atoms with E-state index in [4.69, 9.17) is 0 Å². The zero-order valence-corrected chi connectivity index (χ0v) is 18.4. The van der Waals surface area contributed by atoms with Crippen LogP contribution in [0.3, 0.4) is 0 Å². The average Bonchev–Trinajstić information content (AvgIpc) is 2.69. The number of hydrogen-bond acceptors (Lipinski definition) is 2. The molecule has 2 heteroatoms. The minimum absolute atomic E-state index is 0.420. The molecule has 0 aliphatic heterocycles. The summed E-state index contributed by atoms with van der Waals surface area (Å²) in [6.45, 7) is 12.0. The monoisotopic (exact) mass is 381 g/mol. The Morgan fingerprint density at radius 1 is 0.893 bits per heavy atom. The van der Waals surface area contributed by atoms with Gasteiger partial charge in [0.25, 0.3) is 0 Å². The molecule has 0 amide bonds. The smallest absolute Gasteiger partial charge is 0.0923 e. The number of hydrogen-bond donors (Lipinski definition) is 1. The maximum absolute atomic E-state index is 11.3. The molecule has 0 unspecified atom stereocenters. The van der Waals surface area contributed by atoms with Crippen LogP contribution in [0.1, 0.15) is 76.2 Å². The van der Waals surface area contributed by atoms with Crippen LogP contribution in [-0.2, 0) is 12.8 Å². The lowest BCUT2D eigenvalue weighted by molar-refractivity contribution is 0.108. The molecular formula is C26H39NO. The van der Waals surface area contributed by atoms with Gasteiger partial charge in [0.2, 0.25) is 0 Å². The van der Waals surface area contributed by atoms with Gasteiger partial charge in [0.05, 0.1) is 6.10 Å². The molecule has 28 heavy (non-hydrogen) atoms. The van der Waals surface area contributed by atoms with Gasteiger partial charge in [-0.3, -0.25) is 0 Å². The topological polar surface area (TPSA) is 23.5 Å². The molecule has 0 spiro atoms. The van der Waals surface area contributed by atoms with E-state index in [0.717, 1.165) is 31.6 Å². The lowest BCUT2D eigenvalue weighted by Gasteiger charge is -2.28.